The van der Waals surface area contributed by atoms with Crippen LogP contribution in [0, 0.1) is 5.41 Å². The number of halogens is 3. The number of benzene rings is 2. The van der Waals surface area contributed by atoms with Gasteiger partial charge in [0.15, 0.2) is 5.75 Å². The molecule has 2 aliphatic heterocycles. The van der Waals surface area contributed by atoms with E-state index in [0.717, 1.165) is 49.6 Å². The summed E-state index contributed by atoms with van der Waals surface area (Å²) in [7, 11) is -4.22. The fourth-order valence-electron chi connectivity index (χ4n) is 5.33. The van der Waals surface area contributed by atoms with Gasteiger partial charge in [-0.25, -0.2) is 8.42 Å². The maximum Gasteiger partial charge on any atom is 0.320 e. The number of amidine groups is 2. The third-order valence-corrected chi connectivity index (χ3v) is 9.52. The predicted molar refractivity (Wildman–Crippen MR) is 186 cm³/mol. The van der Waals surface area contributed by atoms with E-state index in [4.69, 9.17) is 32.5 Å². The zero-order chi connectivity index (χ0) is 30.8. The Morgan fingerprint density at radius 3 is 2.51 bits per heavy atom. The van der Waals surface area contributed by atoms with Crippen LogP contribution in [-0.4, -0.2) is 74.1 Å². The molecule has 0 saturated carbocycles. The molecule has 4 rings (SSSR count). The summed E-state index contributed by atoms with van der Waals surface area (Å²) in [6.07, 6.45) is 12.1. The van der Waals surface area contributed by atoms with Gasteiger partial charge >= 0.3 is 5.97 Å². The van der Waals surface area contributed by atoms with E-state index in [1.807, 2.05) is 0 Å². The molecule has 4 N–H and O–H groups in total. The first-order valence-electron chi connectivity index (χ1n) is 14.7. The van der Waals surface area contributed by atoms with Crippen LogP contribution in [0.5, 0.6) is 5.75 Å². The molecular formula is C31H42Cl3N5O5S. The van der Waals surface area contributed by atoms with Crippen molar-refractivity contribution < 1.29 is 23.1 Å². The number of hydrogen-bond donors (Lipinski definition) is 3. The number of aliphatic imine (C=N–C) groups is 1. The summed E-state index contributed by atoms with van der Waals surface area (Å²) in [5, 5.41) is 17.1. The van der Waals surface area contributed by atoms with E-state index < -0.39 is 21.7 Å². The van der Waals surface area contributed by atoms with Gasteiger partial charge in [-0.2, -0.15) is 0 Å². The van der Waals surface area contributed by atoms with Gasteiger partial charge in [0.05, 0.1) is 23.1 Å². The van der Waals surface area contributed by atoms with Crippen LogP contribution in [0.2, 0.25) is 5.02 Å². The number of nitrogens with two attached hydrogens (primary N) is 1. The Hall–Kier alpha value is -2.99. The summed E-state index contributed by atoms with van der Waals surface area (Å²) < 4.78 is 33.3. The van der Waals surface area contributed by atoms with Crippen molar-refractivity contribution in [2.24, 2.45) is 10.7 Å². The van der Waals surface area contributed by atoms with Crippen molar-refractivity contribution in [2.45, 2.75) is 57.5 Å². The Labute approximate surface area is 283 Å². The first kappa shape index (κ1) is 38.2. The average Bonchev–Trinajstić information content (AvgIpc) is 3.10. The molecule has 14 heteroatoms. The van der Waals surface area contributed by atoms with Crippen molar-refractivity contribution >= 4 is 75.8 Å². The molecule has 0 aromatic heterocycles. The molecule has 0 amide bonds. The summed E-state index contributed by atoms with van der Waals surface area (Å²) in [6.45, 7) is 2.50. The topological polar surface area (TPSA) is 149 Å². The lowest BCUT2D eigenvalue weighted by Gasteiger charge is -2.34. The van der Waals surface area contributed by atoms with Crippen LogP contribution in [0.4, 0.5) is 5.69 Å². The van der Waals surface area contributed by atoms with Crippen LogP contribution >= 0.6 is 36.4 Å². The molecule has 0 unspecified atom stereocenters. The highest BCUT2D eigenvalue weighted by Crippen LogP contribution is 2.33. The van der Waals surface area contributed by atoms with Gasteiger partial charge in [0.1, 0.15) is 17.7 Å². The first-order chi connectivity index (χ1) is 20.6. The third-order valence-electron chi connectivity index (χ3n) is 7.58. The van der Waals surface area contributed by atoms with Crippen LogP contribution in [0.1, 0.15) is 62.5 Å². The maximum absolute atomic E-state index is 13.0. The predicted octanol–water partition coefficient (Wildman–Crippen LogP) is 6.00. The Bertz CT molecular complexity index is 1460. The summed E-state index contributed by atoms with van der Waals surface area (Å²) in [5.74, 6) is -0.938. The van der Waals surface area contributed by atoms with Gasteiger partial charge in [-0.1, -0.05) is 61.2 Å². The maximum atomic E-state index is 13.0. The third kappa shape index (κ3) is 11.4. The van der Waals surface area contributed by atoms with Crippen molar-refractivity contribution in [3.8, 4) is 5.75 Å². The van der Waals surface area contributed by atoms with E-state index in [0.29, 0.717) is 16.9 Å². The van der Waals surface area contributed by atoms with Gasteiger partial charge in [-0.05, 0) is 42.7 Å². The van der Waals surface area contributed by atoms with Crippen molar-refractivity contribution in [3.05, 3.63) is 64.7 Å². The van der Waals surface area contributed by atoms with E-state index in [1.54, 1.807) is 48.6 Å². The number of nitrogens with zero attached hydrogens (tertiary/aromatic N) is 3. The molecule has 0 bridgehead atoms. The molecular weight excluding hydrogens is 661 g/mol. The van der Waals surface area contributed by atoms with Gasteiger partial charge in [-0.3, -0.25) is 19.5 Å². The Morgan fingerprint density at radius 1 is 1.11 bits per heavy atom. The molecule has 2 aromatic rings. The molecule has 0 spiro atoms. The summed E-state index contributed by atoms with van der Waals surface area (Å²) >= 11 is 6.58. The van der Waals surface area contributed by atoms with Crippen LogP contribution in [-0.2, 0) is 14.8 Å². The summed E-state index contributed by atoms with van der Waals surface area (Å²) in [4.78, 5) is 18.6. The summed E-state index contributed by atoms with van der Waals surface area (Å²) in [5.41, 5.74) is 7.05. The normalized spacial score (nSPS) is 17.4. The molecule has 2 aliphatic rings. The van der Waals surface area contributed by atoms with E-state index in [-0.39, 0.29) is 54.0 Å². The van der Waals surface area contributed by atoms with Gasteiger partial charge in [0, 0.05) is 44.5 Å². The van der Waals surface area contributed by atoms with E-state index in [1.165, 1.54) is 37.6 Å². The molecule has 0 aliphatic carbocycles. The lowest BCUT2D eigenvalue weighted by molar-refractivity contribution is -0.134. The van der Waals surface area contributed by atoms with Gasteiger partial charge in [-0.15, -0.1) is 24.8 Å². The second-order valence-electron chi connectivity index (χ2n) is 10.9. The molecule has 0 atom stereocenters. The number of sulfonamides is 1. The van der Waals surface area contributed by atoms with Crippen LogP contribution in [0.15, 0.2) is 53.5 Å². The van der Waals surface area contributed by atoms with Gasteiger partial charge in [0.2, 0.25) is 10.0 Å². The standard InChI is InChI=1S/C31H40ClN5O5S.2ClH/c32-27-21-25(37(43(40,41)22-30(38)39)17-7-9-23-8-6-10-24(20-23)31(33)34)12-13-28(27)42-26-14-18-36(19-15-26)29-11-4-2-1-3-5-16-35-29;;/h6-10,12-13,20-21,26H,1-5,11,14-19,22H2,(H3,33,34)(H,38,39);2*1H/b9-7+,35-29-;;. The number of likely N-dealkylation sites (tertiary alicyclic amines) is 1. The molecule has 1 fully saturated rings. The van der Waals surface area contributed by atoms with Gasteiger partial charge < -0.3 is 20.5 Å². The number of nitrogens with one attached hydrogen (secondary N) is 1. The Kier molecular flexibility index (Phi) is 15.5. The monoisotopic (exact) mass is 701 g/mol. The molecule has 2 heterocycles. The number of rotatable bonds is 10. The number of carboxylic acids is 1. The van der Waals surface area contributed by atoms with Gasteiger partial charge in [0.25, 0.3) is 0 Å². The largest absolute Gasteiger partial charge is 0.489 e. The van der Waals surface area contributed by atoms with Crippen LogP contribution in [0.25, 0.3) is 6.08 Å². The van der Waals surface area contributed by atoms with Crippen LogP contribution < -0.4 is 14.8 Å². The minimum atomic E-state index is -4.22. The zero-order valence-electron chi connectivity index (χ0n) is 25.1. The highest BCUT2D eigenvalue weighted by molar-refractivity contribution is 7.93. The minimum Gasteiger partial charge on any atom is -0.489 e. The smallest absolute Gasteiger partial charge is 0.320 e. The number of nitrogen functional groups attached to an aromatic ring is 1. The molecule has 248 valence electrons. The number of carboxylic acid groups (broad SMARTS) is 1. The Balaban J connectivity index is 0.00000353. The molecule has 1 saturated heterocycles. The number of carbonyl (C=O) groups is 1. The first-order valence-corrected chi connectivity index (χ1v) is 16.7. The van der Waals surface area contributed by atoms with Crippen molar-refractivity contribution in [3.63, 3.8) is 0 Å². The lowest BCUT2D eigenvalue weighted by Crippen LogP contribution is -2.42. The summed E-state index contributed by atoms with van der Waals surface area (Å²) in [6, 6.07) is 11.6. The molecule has 45 heavy (non-hydrogen) atoms. The second-order valence-corrected chi connectivity index (χ2v) is 13.2. The van der Waals surface area contributed by atoms with Crippen LogP contribution in [0.3, 0.4) is 0 Å². The second kappa shape index (κ2) is 18.2. The molecule has 10 nitrogen and oxygen atoms in total. The van der Waals surface area contributed by atoms with E-state index in [9.17, 15) is 18.3 Å². The fourth-order valence-corrected chi connectivity index (χ4v) is 6.77. The van der Waals surface area contributed by atoms with E-state index >= 15 is 0 Å². The zero-order valence-corrected chi connectivity index (χ0v) is 28.3. The SMILES string of the molecule is Cl.Cl.N=C(N)c1cccc(/C=C/CN(c2ccc(OC3CCN(/C4=N\CCCCCCC4)CC3)c(Cl)c2)S(=O)(=O)CC(=O)O)c1. The number of ether oxygens (including phenoxy) is 1. The molecule has 0 radical (unpaired) electrons. The number of hydrogen-bond acceptors (Lipinski definition) is 7. The van der Waals surface area contributed by atoms with Crippen molar-refractivity contribution in [2.75, 3.05) is 36.2 Å². The quantitative estimate of drug-likeness (QED) is 0.203. The number of piperidine rings is 1. The minimum absolute atomic E-state index is 0. The lowest BCUT2D eigenvalue weighted by atomic mass is 10.1. The fraction of sp³-hybridized carbons (Fsp3) is 0.452. The number of aliphatic carboxylic acids is 1. The van der Waals surface area contributed by atoms with E-state index in [2.05, 4.69) is 4.90 Å². The highest BCUT2D eigenvalue weighted by Gasteiger charge is 2.27. The average molecular weight is 703 g/mol. The van der Waals surface area contributed by atoms with Crippen molar-refractivity contribution in [1.82, 2.24) is 4.90 Å². The highest BCUT2D eigenvalue weighted by atomic mass is 35.5. The Morgan fingerprint density at radius 2 is 1.82 bits per heavy atom. The number of anilines is 1. The van der Waals surface area contributed by atoms with Crippen molar-refractivity contribution in [1.29, 1.82) is 5.41 Å². The molecule has 2 aromatic carbocycles.